The van der Waals surface area contributed by atoms with E-state index < -0.39 is 0 Å². The molecule has 0 saturated carbocycles. The van der Waals surface area contributed by atoms with Gasteiger partial charge < -0.3 is 9.64 Å². The topological polar surface area (TPSA) is 29.5 Å². The number of nitrogens with zero attached hydrogens (tertiary/aromatic N) is 1. The van der Waals surface area contributed by atoms with Crippen molar-refractivity contribution in [1.29, 1.82) is 0 Å². The zero-order chi connectivity index (χ0) is 17.5. The molecule has 0 bridgehead atoms. The molecular weight excluding hydrogens is 318 g/mol. The van der Waals surface area contributed by atoms with Crippen molar-refractivity contribution < 1.29 is 9.53 Å². The first-order valence-corrected chi connectivity index (χ1v) is 9.94. The Balaban J connectivity index is 0.000000198. The van der Waals surface area contributed by atoms with Crippen LogP contribution in [0.4, 0.5) is 0 Å². The molecule has 0 radical (unpaired) electrons. The predicted octanol–water partition coefficient (Wildman–Crippen LogP) is 4.24. The number of fused-ring (bicyclic) bond motifs is 1. The zero-order valence-electron chi connectivity index (χ0n) is 15.0. The van der Waals surface area contributed by atoms with Crippen LogP contribution >= 0.6 is 11.8 Å². The van der Waals surface area contributed by atoms with E-state index in [1.807, 2.05) is 35.7 Å². The third-order valence-electron chi connectivity index (χ3n) is 4.72. The maximum atomic E-state index is 11.0. The van der Waals surface area contributed by atoms with Crippen LogP contribution in [0.3, 0.4) is 0 Å². The lowest BCUT2D eigenvalue weighted by Crippen LogP contribution is -2.34. The van der Waals surface area contributed by atoms with Crippen LogP contribution in [0.1, 0.15) is 43.9 Å². The molecule has 1 aromatic carbocycles. The first-order chi connectivity index (χ1) is 11.6. The number of rotatable bonds is 3. The van der Waals surface area contributed by atoms with E-state index in [4.69, 9.17) is 4.74 Å². The Bertz CT molecular complexity index is 552. The maximum absolute atomic E-state index is 11.0. The van der Waals surface area contributed by atoms with E-state index in [2.05, 4.69) is 31.9 Å². The minimum atomic E-state index is 0.0625. The minimum absolute atomic E-state index is 0.0625. The zero-order valence-corrected chi connectivity index (χ0v) is 15.8. The van der Waals surface area contributed by atoms with Gasteiger partial charge in [0.15, 0.2) is 0 Å². The lowest BCUT2D eigenvalue weighted by atomic mass is 9.89. The summed E-state index contributed by atoms with van der Waals surface area (Å²) in [5, 5.41) is 0.765. The van der Waals surface area contributed by atoms with Crippen LogP contribution in [0, 0.1) is 0 Å². The van der Waals surface area contributed by atoms with Gasteiger partial charge in [-0.25, -0.2) is 0 Å². The average molecular weight is 348 g/mol. The van der Waals surface area contributed by atoms with Crippen molar-refractivity contribution in [2.75, 3.05) is 19.4 Å². The monoisotopic (exact) mass is 347 g/mol. The summed E-state index contributed by atoms with van der Waals surface area (Å²) < 4.78 is 5.46. The molecule has 3 nitrogen and oxygen atoms in total. The molecule has 1 fully saturated rings. The number of ether oxygens (including phenoxy) is 1. The number of thioether (sulfide) groups is 1. The van der Waals surface area contributed by atoms with Gasteiger partial charge >= 0.3 is 0 Å². The first-order valence-electron chi connectivity index (χ1n) is 8.65. The molecule has 3 rings (SSSR count). The van der Waals surface area contributed by atoms with Gasteiger partial charge in [-0.3, -0.25) is 4.79 Å². The molecule has 1 saturated heterocycles. The molecule has 0 aromatic heterocycles. The van der Waals surface area contributed by atoms with E-state index in [1.165, 1.54) is 24.0 Å². The van der Waals surface area contributed by atoms with Gasteiger partial charge in [0.25, 0.3) is 0 Å². The summed E-state index contributed by atoms with van der Waals surface area (Å²) in [4.78, 5) is 12.8. The third-order valence-corrected chi connectivity index (χ3v) is 5.76. The van der Waals surface area contributed by atoms with Crippen molar-refractivity contribution >= 4 is 18.2 Å². The molecule has 0 spiro atoms. The second-order valence-electron chi connectivity index (χ2n) is 6.62. The van der Waals surface area contributed by atoms with E-state index in [9.17, 15) is 4.79 Å². The standard InChI is InChI=1S/C13H15NO.C7H14OS/c1-10(2)13-12-6-4-3-5-11(12)7-8-14(13)9-15;1-6-3-4-7(9-2)5-8-6/h3-6,9,13H,1,7-8H2,2H3;6-7H,3-5H2,1-2H3/t13-;6-,7?/m00/s1. The Labute approximate surface area is 150 Å². The van der Waals surface area contributed by atoms with Gasteiger partial charge in [0.05, 0.1) is 18.8 Å². The van der Waals surface area contributed by atoms with Gasteiger partial charge in [-0.1, -0.05) is 36.4 Å². The minimum Gasteiger partial charge on any atom is -0.377 e. The summed E-state index contributed by atoms with van der Waals surface area (Å²) in [5.41, 5.74) is 3.58. The van der Waals surface area contributed by atoms with E-state index >= 15 is 0 Å². The van der Waals surface area contributed by atoms with Crippen molar-refractivity contribution in [3.05, 3.63) is 47.5 Å². The van der Waals surface area contributed by atoms with Gasteiger partial charge in [0.1, 0.15) is 0 Å². The Morgan fingerprint density at radius 3 is 2.71 bits per heavy atom. The van der Waals surface area contributed by atoms with Gasteiger partial charge in [0.2, 0.25) is 6.41 Å². The number of carbonyl (C=O) groups excluding carboxylic acids is 1. The van der Waals surface area contributed by atoms with Gasteiger partial charge in [-0.05, 0) is 50.5 Å². The normalized spacial score (nSPS) is 26.0. The van der Waals surface area contributed by atoms with E-state index in [0.717, 1.165) is 36.8 Å². The Morgan fingerprint density at radius 1 is 1.38 bits per heavy atom. The highest BCUT2D eigenvalue weighted by atomic mass is 32.2. The molecule has 132 valence electrons. The second-order valence-corrected chi connectivity index (χ2v) is 7.76. The highest BCUT2D eigenvalue weighted by molar-refractivity contribution is 7.99. The molecule has 2 aliphatic heterocycles. The van der Waals surface area contributed by atoms with Crippen LogP contribution in [0.2, 0.25) is 0 Å². The van der Waals surface area contributed by atoms with E-state index in [1.54, 1.807) is 0 Å². The summed E-state index contributed by atoms with van der Waals surface area (Å²) >= 11 is 1.92. The van der Waals surface area contributed by atoms with Crippen LogP contribution in [0.25, 0.3) is 0 Å². The predicted molar refractivity (Wildman–Crippen MR) is 102 cm³/mol. The lowest BCUT2D eigenvalue weighted by Gasteiger charge is -2.35. The summed E-state index contributed by atoms with van der Waals surface area (Å²) in [6.07, 6.45) is 7.11. The number of carbonyl (C=O) groups is 1. The van der Waals surface area contributed by atoms with Crippen LogP contribution < -0.4 is 0 Å². The van der Waals surface area contributed by atoms with Crippen LogP contribution in [0.15, 0.2) is 36.4 Å². The third kappa shape index (κ3) is 4.87. The molecule has 1 amide bonds. The van der Waals surface area contributed by atoms with E-state index in [0.29, 0.717) is 6.10 Å². The molecule has 4 heteroatoms. The summed E-state index contributed by atoms with van der Waals surface area (Å²) in [6.45, 7) is 9.85. The van der Waals surface area contributed by atoms with Crippen molar-refractivity contribution in [1.82, 2.24) is 4.90 Å². The first kappa shape index (κ1) is 19.1. The number of hydrogen-bond donors (Lipinski definition) is 0. The summed E-state index contributed by atoms with van der Waals surface area (Å²) in [6, 6.07) is 8.35. The number of hydrogen-bond acceptors (Lipinski definition) is 3. The molecule has 1 aromatic rings. The van der Waals surface area contributed by atoms with Crippen LogP contribution in [-0.2, 0) is 16.0 Å². The van der Waals surface area contributed by atoms with Crippen molar-refractivity contribution in [3.8, 4) is 0 Å². The molecule has 1 unspecified atom stereocenters. The van der Waals surface area contributed by atoms with Crippen molar-refractivity contribution in [2.45, 2.75) is 50.5 Å². The maximum Gasteiger partial charge on any atom is 0.210 e. The fourth-order valence-electron chi connectivity index (χ4n) is 3.29. The van der Waals surface area contributed by atoms with E-state index in [-0.39, 0.29) is 6.04 Å². The Morgan fingerprint density at radius 2 is 2.12 bits per heavy atom. The Kier molecular flexibility index (Phi) is 7.38. The smallest absolute Gasteiger partial charge is 0.210 e. The molecule has 24 heavy (non-hydrogen) atoms. The average Bonchev–Trinajstić information content (AvgIpc) is 2.61. The quantitative estimate of drug-likeness (QED) is 0.605. The molecule has 2 heterocycles. The highest BCUT2D eigenvalue weighted by Crippen LogP contribution is 2.32. The van der Waals surface area contributed by atoms with Crippen LogP contribution in [0.5, 0.6) is 0 Å². The largest absolute Gasteiger partial charge is 0.377 e. The van der Waals surface area contributed by atoms with Crippen molar-refractivity contribution in [2.24, 2.45) is 0 Å². The fraction of sp³-hybridized carbons (Fsp3) is 0.550. The van der Waals surface area contributed by atoms with Gasteiger partial charge in [0, 0.05) is 11.8 Å². The molecule has 3 atom stereocenters. The number of amides is 1. The molecule has 0 aliphatic carbocycles. The molecular formula is C20H29NO2S. The summed E-state index contributed by atoms with van der Waals surface area (Å²) in [7, 11) is 0. The van der Waals surface area contributed by atoms with Gasteiger partial charge in [-0.2, -0.15) is 11.8 Å². The lowest BCUT2D eigenvalue weighted by molar-refractivity contribution is -0.120. The fourth-order valence-corrected chi connectivity index (χ4v) is 3.88. The van der Waals surface area contributed by atoms with Gasteiger partial charge in [-0.15, -0.1) is 0 Å². The van der Waals surface area contributed by atoms with Crippen molar-refractivity contribution in [3.63, 3.8) is 0 Å². The molecule has 0 N–H and O–H groups in total. The molecule has 2 aliphatic rings. The SMILES string of the molecule is C=C(C)[C@H]1c2ccccc2CCN1C=O.CSC1CC[C@H](C)OC1. The van der Waals surface area contributed by atoms with Crippen LogP contribution in [-0.4, -0.2) is 42.1 Å². The summed E-state index contributed by atoms with van der Waals surface area (Å²) in [5.74, 6) is 0. The second kappa shape index (κ2) is 9.28. The Hall–Kier alpha value is -1.26. The number of benzene rings is 1. The highest BCUT2D eigenvalue weighted by Gasteiger charge is 2.26.